The van der Waals surface area contributed by atoms with Crippen LogP contribution in [0.5, 0.6) is 0 Å². The van der Waals surface area contributed by atoms with Crippen LogP contribution in [0, 0.1) is 5.41 Å². The lowest BCUT2D eigenvalue weighted by Crippen LogP contribution is -2.49. The number of rotatable bonds is 3. The molecule has 1 atom stereocenters. The summed E-state index contributed by atoms with van der Waals surface area (Å²) in [5.41, 5.74) is -0.308. The van der Waals surface area contributed by atoms with Crippen LogP contribution in [0.2, 0.25) is 0 Å². The number of amides is 1. The van der Waals surface area contributed by atoms with Gasteiger partial charge in [0.25, 0.3) is 5.91 Å². The molecule has 6 heteroatoms. The lowest BCUT2D eigenvalue weighted by molar-refractivity contribution is -0.142. The second-order valence-corrected chi connectivity index (χ2v) is 4.58. The van der Waals surface area contributed by atoms with Crippen molar-refractivity contribution in [2.45, 2.75) is 26.8 Å². The van der Waals surface area contributed by atoms with Crippen molar-refractivity contribution in [1.29, 1.82) is 0 Å². The molecule has 1 aromatic rings. The van der Waals surface area contributed by atoms with E-state index in [-0.39, 0.29) is 5.69 Å². The van der Waals surface area contributed by atoms with Crippen LogP contribution in [0.4, 0.5) is 0 Å². The molecule has 1 aromatic heterocycles. The number of nitrogens with zero attached hydrogens (tertiary/aromatic N) is 1. The molecule has 0 aliphatic rings. The number of nitrogens with one attached hydrogen (secondary N) is 2. The summed E-state index contributed by atoms with van der Waals surface area (Å²) in [6, 6.07) is -0.941. The van der Waals surface area contributed by atoms with Gasteiger partial charge in [0.05, 0.1) is 12.5 Å². The highest BCUT2D eigenvalue weighted by atomic mass is 16.4. The summed E-state index contributed by atoms with van der Waals surface area (Å²) >= 11 is 0. The highest BCUT2D eigenvalue weighted by molar-refractivity contribution is 5.94. The van der Waals surface area contributed by atoms with E-state index in [1.807, 2.05) is 0 Å². The summed E-state index contributed by atoms with van der Waals surface area (Å²) in [7, 11) is 0. The second kappa shape index (κ2) is 4.34. The summed E-state index contributed by atoms with van der Waals surface area (Å²) in [5, 5.41) is 11.5. The third-order valence-corrected chi connectivity index (χ3v) is 2.13. The fourth-order valence-corrected chi connectivity index (χ4v) is 1.24. The van der Waals surface area contributed by atoms with Crippen LogP contribution in [0.1, 0.15) is 31.3 Å². The summed E-state index contributed by atoms with van der Waals surface area (Å²) in [6.45, 7) is 5.25. The van der Waals surface area contributed by atoms with E-state index in [1.54, 1.807) is 20.8 Å². The number of aromatic amines is 1. The minimum Gasteiger partial charge on any atom is -0.480 e. The molecule has 6 nitrogen and oxygen atoms in total. The molecular formula is C10H15N3O3. The van der Waals surface area contributed by atoms with Crippen molar-refractivity contribution in [3.63, 3.8) is 0 Å². The van der Waals surface area contributed by atoms with Gasteiger partial charge in [-0.2, -0.15) is 0 Å². The van der Waals surface area contributed by atoms with Gasteiger partial charge in [0.2, 0.25) is 0 Å². The van der Waals surface area contributed by atoms with Gasteiger partial charge in [-0.05, 0) is 5.41 Å². The number of aliphatic carboxylic acids is 1. The van der Waals surface area contributed by atoms with Crippen LogP contribution in [-0.4, -0.2) is 33.0 Å². The van der Waals surface area contributed by atoms with E-state index in [9.17, 15) is 9.59 Å². The lowest BCUT2D eigenvalue weighted by Gasteiger charge is -2.27. The van der Waals surface area contributed by atoms with Crippen LogP contribution < -0.4 is 5.32 Å². The average Bonchev–Trinajstić information content (AvgIpc) is 2.63. The topological polar surface area (TPSA) is 95.1 Å². The van der Waals surface area contributed by atoms with Crippen molar-refractivity contribution < 1.29 is 14.7 Å². The molecule has 1 heterocycles. The van der Waals surface area contributed by atoms with Crippen molar-refractivity contribution in [3.8, 4) is 0 Å². The third kappa shape index (κ3) is 2.82. The maximum atomic E-state index is 11.6. The smallest absolute Gasteiger partial charge is 0.326 e. The fourth-order valence-electron chi connectivity index (χ4n) is 1.24. The number of aromatic nitrogens is 2. The van der Waals surface area contributed by atoms with Gasteiger partial charge < -0.3 is 15.4 Å². The van der Waals surface area contributed by atoms with Gasteiger partial charge in [-0.15, -0.1) is 0 Å². The number of carboxylic acids is 1. The van der Waals surface area contributed by atoms with Crippen LogP contribution in [0.3, 0.4) is 0 Å². The zero-order chi connectivity index (χ0) is 12.3. The molecular weight excluding hydrogens is 210 g/mol. The highest BCUT2D eigenvalue weighted by Crippen LogP contribution is 2.19. The number of hydrogen-bond acceptors (Lipinski definition) is 3. The Kier molecular flexibility index (Phi) is 3.31. The average molecular weight is 225 g/mol. The molecule has 1 rings (SSSR count). The first kappa shape index (κ1) is 12.2. The molecule has 0 unspecified atom stereocenters. The van der Waals surface area contributed by atoms with E-state index >= 15 is 0 Å². The Morgan fingerprint density at radius 3 is 2.50 bits per heavy atom. The fraction of sp³-hybridized carbons (Fsp3) is 0.500. The molecule has 3 N–H and O–H groups in total. The Morgan fingerprint density at radius 2 is 2.12 bits per heavy atom. The van der Waals surface area contributed by atoms with Crippen molar-refractivity contribution in [3.05, 3.63) is 18.2 Å². The number of imidazole rings is 1. The van der Waals surface area contributed by atoms with Crippen LogP contribution >= 0.6 is 0 Å². The van der Waals surface area contributed by atoms with E-state index in [0.717, 1.165) is 0 Å². The SMILES string of the molecule is CC(C)(C)[C@H](NC(=O)c1cnc[nH]1)C(=O)O. The van der Waals surface area contributed by atoms with Gasteiger partial charge in [0.1, 0.15) is 11.7 Å². The quantitative estimate of drug-likeness (QED) is 0.703. The molecule has 0 fully saturated rings. The third-order valence-electron chi connectivity index (χ3n) is 2.13. The van der Waals surface area contributed by atoms with Crippen molar-refractivity contribution in [1.82, 2.24) is 15.3 Å². The number of carboxylic acid groups (broad SMARTS) is 1. The predicted octanol–water partition coefficient (Wildman–Crippen LogP) is 0.639. The lowest BCUT2D eigenvalue weighted by atomic mass is 9.87. The number of carbonyl (C=O) groups is 2. The zero-order valence-electron chi connectivity index (χ0n) is 9.44. The second-order valence-electron chi connectivity index (χ2n) is 4.58. The molecule has 88 valence electrons. The molecule has 0 aliphatic heterocycles. The van der Waals surface area contributed by atoms with Gasteiger partial charge in [0.15, 0.2) is 0 Å². The molecule has 0 aliphatic carbocycles. The monoisotopic (exact) mass is 225 g/mol. The van der Waals surface area contributed by atoms with Crippen molar-refractivity contribution >= 4 is 11.9 Å². The number of H-pyrrole nitrogens is 1. The summed E-state index contributed by atoms with van der Waals surface area (Å²) in [5.74, 6) is -1.53. The normalized spacial score (nSPS) is 13.2. The molecule has 0 saturated heterocycles. The predicted molar refractivity (Wildman–Crippen MR) is 56.9 cm³/mol. The minimum absolute atomic E-state index is 0.246. The Hall–Kier alpha value is -1.85. The van der Waals surface area contributed by atoms with Gasteiger partial charge >= 0.3 is 5.97 Å². The number of carbonyl (C=O) groups excluding carboxylic acids is 1. The van der Waals surface area contributed by atoms with Crippen LogP contribution in [0.25, 0.3) is 0 Å². The maximum Gasteiger partial charge on any atom is 0.326 e. The first-order chi connectivity index (χ1) is 7.32. The van der Waals surface area contributed by atoms with Crippen LogP contribution in [0.15, 0.2) is 12.5 Å². The van der Waals surface area contributed by atoms with E-state index in [2.05, 4.69) is 15.3 Å². The van der Waals surface area contributed by atoms with Gasteiger partial charge in [-0.1, -0.05) is 20.8 Å². The van der Waals surface area contributed by atoms with Gasteiger partial charge in [0, 0.05) is 0 Å². The highest BCUT2D eigenvalue weighted by Gasteiger charge is 2.32. The first-order valence-electron chi connectivity index (χ1n) is 4.84. The summed E-state index contributed by atoms with van der Waals surface area (Å²) < 4.78 is 0. The Bertz CT molecular complexity index is 379. The largest absolute Gasteiger partial charge is 0.480 e. The van der Waals surface area contributed by atoms with E-state index < -0.39 is 23.3 Å². The standard InChI is InChI=1S/C10H15N3O3/c1-10(2,3)7(9(15)16)13-8(14)6-4-11-5-12-6/h4-5,7H,1-3H3,(H,11,12)(H,13,14)(H,15,16)/t7-/m1/s1. The maximum absolute atomic E-state index is 11.6. The molecule has 0 saturated carbocycles. The molecule has 0 bridgehead atoms. The van der Waals surface area contributed by atoms with Crippen LogP contribution in [-0.2, 0) is 4.79 Å². The summed E-state index contributed by atoms with van der Waals surface area (Å²) in [4.78, 5) is 28.9. The van der Waals surface area contributed by atoms with E-state index in [4.69, 9.17) is 5.11 Å². The Morgan fingerprint density at radius 1 is 1.50 bits per heavy atom. The van der Waals surface area contributed by atoms with Crippen molar-refractivity contribution in [2.75, 3.05) is 0 Å². The van der Waals surface area contributed by atoms with E-state index in [0.29, 0.717) is 0 Å². The van der Waals surface area contributed by atoms with Crippen molar-refractivity contribution in [2.24, 2.45) is 5.41 Å². The van der Waals surface area contributed by atoms with Gasteiger partial charge in [-0.3, -0.25) is 4.79 Å². The molecule has 16 heavy (non-hydrogen) atoms. The molecule has 1 amide bonds. The number of hydrogen-bond donors (Lipinski definition) is 3. The first-order valence-corrected chi connectivity index (χ1v) is 4.84. The minimum atomic E-state index is -1.06. The Labute approximate surface area is 93.1 Å². The molecule has 0 spiro atoms. The molecule has 0 aromatic carbocycles. The molecule has 0 radical (unpaired) electrons. The van der Waals surface area contributed by atoms with Gasteiger partial charge in [-0.25, -0.2) is 9.78 Å². The zero-order valence-corrected chi connectivity index (χ0v) is 9.44. The van der Waals surface area contributed by atoms with E-state index in [1.165, 1.54) is 12.5 Å². The Balaban J connectivity index is 2.78. The summed E-state index contributed by atoms with van der Waals surface area (Å²) in [6.07, 6.45) is 2.71.